The molecule has 0 spiro atoms. The summed E-state index contributed by atoms with van der Waals surface area (Å²) < 4.78 is 0. The van der Waals surface area contributed by atoms with E-state index in [2.05, 4.69) is 20.9 Å². The standard InChI is InChI=1S/C19H29N5O2/c1-2-4-18(25)21-15-5-3-6-16(13-15)22-19(26)24-11-9-23(10-12-24)17-7-8-20-14-17/h3,5-6,13,17,20H,2,4,7-12,14H2,1H3,(H,21,25)(H,22,26)/t17-/m0/s1. The molecular formula is C19H29N5O2. The monoisotopic (exact) mass is 359 g/mol. The number of rotatable bonds is 5. The lowest BCUT2D eigenvalue weighted by Crippen LogP contribution is -2.53. The van der Waals surface area contributed by atoms with Gasteiger partial charge >= 0.3 is 6.03 Å². The van der Waals surface area contributed by atoms with Crippen molar-refractivity contribution in [3.05, 3.63) is 24.3 Å². The number of hydrogen-bond acceptors (Lipinski definition) is 4. The van der Waals surface area contributed by atoms with Gasteiger partial charge in [-0.1, -0.05) is 13.0 Å². The molecule has 1 atom stereocenters. The first-order valence-corrected chi connectivity index (χ1v) is 9.56. The van der Waals surface area contributed by atoms with Gasteiger partial charge in [0, 0.05) is 56.6 Å². The van der Waals surface area contributed by atoms with Crippen LogP contribution >= 0.6 is 0 Å². The zero-order valence-corrected chi connectivity index (χ0v) is 15.5. The van der Waals surface area contributed by atoms with E-state index in [0.29, 0.717) is 23.8 Å². The minimum Gasteiger partial charge on any atom is -0.326 e. The Morgan fingerprint density at radius 3 is 2.54 bits per heavy atom. The third kappa shape index (κ3) is 4.95. The van der Waals surface area contributed by atoms with Crippen molar-refractivity contribution in [2.45, 2.75) is 32.2 Å². The van der Waals surface area contributed by atoms with Crippen molar-refractivity contribution < 1.29 is 9.59 Å². The van der Waals surface area contributed by atoms with Crippen molar-refractivity contribution >= 4 is 23.3 Å². The topological polar surface area (TPSA) is 76.7 Å². The highest BCUT2D eigenvalue weighted by Crippen LogP contribution is 2.17. The summed E-state index contributed by atoms with van der Waals surface area (Å²) in [6.45, 7) is 7.46. The van der Waals surface area contributed by atoms with Crippen LogP contribution in [0.1, 0.15) is 26.2 Å². The first-order valence-electron chi connectivity index (χ1n) is 9.56. The molecule has 1 aromatic carbocycles. The molecule has 7 heteroatoms. The minimum absolute atomic E-state index is 0.00602. The molecule has 26 heavy (non-hydrogen) atoms. The van der Waals surface area contributed by atoms with Crippen molar-refractivity contribution in [1.82, 2.24) is 15.1 Å². The molecular weight excluding hydrogens is 330 g/mol. The summed E-state index contributed by atoms with van der Waals surface area (Å²) in [7, 11) is 0. The Labute approximate surface area is 155 Å². The van der Waals surface area contributed by atoms with Gasteiger partial charge in [-0.3, -0.25) is 9.69 Å². The van der Waals surface area contributed by atoms with Gasteiger partial charge in [0.2, 0.25) is 5.91 Å². The maximum absolute atomic E-state index is 12.5. The Kier molecular flexibility index (Phi) is 6.46. The van der Waals surface area contributed by atoms with E-state index >= 15 is 0 Å². The van der Waals surface area contributed by atoms with Gasteiger partial charge in [0.1, 0.15) is 0 Å². The summed E-state index contributed by atoms with van der Waals surface area (Å²) in [5.41, 5.74) is 1.41. The molecule has 0 unspecified atom stereocenters. The van der Waals surface area contributed by atoms with Crippen LogP contribution in [0.3, 0.4) is 0 Å². The van der Waals surface area contributed by atoms with E-state index < -0.39 is 0 Å². The maximum Gasteiger partial charge on any atom is 0.321 e. The van der Waals surface area contributed by atoms with Gasteiger partial charge in [-0.05, 0) is 37.6 Å². The SMILES string of the molecule is CCCC(=O)Nc1cccc(NC(=O)N2CCN([C@H]3CCNC3)CC2)c1. The van der Waals surface area contributed by atoms with E-state index in [9.17, 15) is 9.59 Å². The second-order valence-corrected chi connectivity index (χ2v) is 6.98. The summed E-state index contributed by atoms with van der Waals surface area (Å²) in [6.07, 6.45) is 2.51. The highest BCUT2D eigenvalue weighted by atomic mass is 16.2. The zero-order chi connectivity index (χ0) is 18.4. The molecule has 2 aliphatic rings. The first-order chi connectivity index (χ1) is 12.7. The lowest BCUT2D eigenvalue weighted by atomic mass is 10.2. The van der Waals surface area contributed by atoms with Gasteiger partial charge in [-0.15, -0.1) is 0 Å². The number of carbonyl (C=O) groups is 2. The van der Waals surface area contributed by atoms with Crippen LogP contribution in [0.5, 0.6) is 0 Å². The number of benzene rings is 1. The fourth-order valence-electron chi connectivity index (χ4n) is 3.57. The lowest BCUT2D eigenvalue weighted by Gasteiger charge is -2.37. The smallest absolute Gasteiger partial charge is 0.321 e. The average Bonchev–Trinajstić information content (AvgIpc) is 3.17. The molecule has 3 amide bonds. The molecule has 0 aromatic heterocycles. The number of hydrogen-bond donors (Lipinski definition) is 3. The van der Waals surface area contributed by atoms with Crippen LogP contribution in [0.15, 0.2) is 24.3 Å². The predicted octanol–water partition coefficient (Wildman–Crippen LogP) is 1.94. The van der Waals surface area contributed by atoms with Gasteiger partial charge in [0.25, 0.3) is 0 Å². The van der Waals surface area contributed by atoms with Crippen molar-refractivity contribution in [3.8, 4) is 0 Å². The van der Waals surface area contributed by atoms with Gasteiger partial charge in [0.05, 0.1) is 0 Å². The Hall–Kier alpha value is -2.12. The molecule has 2 heterocycles. The second kappa shape index (κ2) is 9.00. The summed E-state index contributed by atoms with van der Waals surface area (Å²) in [6, 6.07) is 7.84. The van der Waals surface area contributed by atoms with Crippen LogP contribution in [0.25, 0.3) is 0 Å². The molecule has 2 aliphatic heterocycles. The minimum atomic E-state index is -0.0776. The fourth-order valence-corrected chi connectivity index (χ4v) is 3.57. The molecule has 0 saturated carbocycles. The zero-order valence-electron chi connectivity index (χ0n) is 15.5. The molecule has 0 bridgehead atoms. The van der Waals surface area contributed by atoms with Crippen LogP contribution < -0.4 is 16.0 Å². The molecule has 2 fully saturated rings. The molecule has 7 nitrogen and oxygen atoms in total. The van der Waals surface area contributed by atoms with Crippen LogP contribution in [-0.2, 0) is 4.79 Å². The van der Waals surface area contributed by atoms with Gasteiger partial charge in [0.15, 0.2) is 0 Å². The number of anilines is 2. The van der Waals surface area contributed by atoms with E-state index in [1.807, 2.05) is 30.0 Å². The van der Waals surface area contributed by atoms with Crippen LogP contribution in [0.4, 0.5) is 16.2 Å². The summed E-state index contributed by atoms with van der Waals surface area (Å²) in [4.78, 5) is 28.6. The lowest BCUT2D eigenvalue weighted by molar-refractivity contribution is -0.116. The van der Waals surface area contributed by atoms with Gasteiger partial charge < -0.3 is 20.9 Å². The van der Waals surface area contributed by atoms with Crippen LogP contribution in [-0.4, -0.2) is 67.0 Å². The first kappa shape index (κ1) is 18.7. The summed E-state index contributed by atoms with van der Waals surface area (Å²) in [5.74, 6) is -0.00602. The van der Waals surface area contributed by atoms with Gasteiger partial charge in [-0.2, -0.15) is 0 Å². The molecule has 142 valence electrons. The number of urea groups is 1. The van der Waals surface area contributed by atoms with E-state index in [1.165, 1.54) is 6.42 Å². The number of piperazine rings is 1. The highest BCUT2D eigenvalue weighted by molar-refractivity contribution is 5.93. The molecule has 2 saturated heterocycles. The van der Waals surface area contributed by atoms with Gasteiger partial charge in [-0.25, -0.2) is 4.79 Å². The Bertz CT molecular complexity index is 622. The molecule has 1 aromatic rings. The summed E-state index contributed by atoms with van der Waals surface area (Å²) >= 11 is 0. The molecule has 3 rings (SSSR count). The van der Waals surface area contributed by atoms with Crippen molar-refractivity contribution in [3.63, 3.8) is 0 Å². The Balaban J connectivity index is 1.49. The normalized spacial score (nSPS) is 20.8. The predicted molar refractivity (Wildman–Crippen MR) is 103 cm³/mol. The second-order valence-electron chi connectivity index (χ2n) is 6.98. The van der Waals surface area contributed by atoms with E-state index in [4.69, 9.17) is 0 Å². The number of nitrogens with one attached hydrogen (secondary N) is 3. The van der Waals surface area contributed by atoms with Crippen LogP contribution in [0.2, 0.25) is 0 Å². The van der Waals surface area contributed by atoms with Crippen LogP contribution in [0, 0.1) is 0 Å². The third-order valence-corrected chi connectivity index (χ3v) is 5.03. The quantitative estimate of drug-likeness (QED) is 0.751. The van der Waals surface area contributed by atoms with E-state index in [0.717, 1.165) is 45.7 Å². The van der Waals surface area contributed by atoms with Crippen molar-refractivity contribution in [2.24, 2.45) is 0 Å². The highest BCUT2D eigenvalue weighted by Gasteiger charge is 2.27. The Morgan fingerprint density at radius 2 is 1.88 bits per heavy atom. The van der Waals surface area contributed by atoms with E-state index in [-0.39, 0.29) is 11.9 Å². The maximum atomic E-state index is 12.5. The van der Waals surface area contributed by atoms with Crippen molar-refractivity contribution in [1.29, 1.82) is 0 Å². The Morgan fingerprint density at radius 1 is 1.15 bits per heavy atom. The number of carbonyl (C=O) groups excluding carboxylic acids is 2. The fraction of sp³-hybridized carbons (Fsp3) is 0.579. The largest absolute Gasteiger partial charge is 0.326 e. The number of amides is 3. The van der Waals surface area contributed by atoms with E-state index in [1.54, 1.807) is 6.07 Å². The molecule has 0 aliphatic carbocycles. The average molecular weight is 359 g/mol. The molecule has 0 radical (unpaired) electrons. The summed E-state index contributed by atoms with van der Waals surface area (Å²) in [5, 5.41) is 9.20. The molecule has 3 N–H and O–H groups in total. The third-order valence-electron chi connectivity index (χ3n) is 5.03. The number of nitrogens with zero attached hydrogens (tertiary/aromatic N) is 2. The van der Waals surface area contributed by atoms with Crippen molar-refractivity contribution in [2.75, 3.05) is 49.9 Å².